The van der Waals surface area contributed by atoms with Gasteiger partial charge in [-0.1, -0.05) is 84.4 Å². The number of esters is 2. The molecule has 1 atom stereocenters. The van der Waals surface area contributed by atoms with Gasteiger partial charge in [-0.3, -0.25) is 4.90 Å². The molecule has 0 bridgehead atoms. The average Bonchev–Trinajstić information content (AvgIpc) is 3.11. The van der Waals surface area contributed by atoms with Crippen LogP contribution in [0.15, 0.2) is 108 Å². The highest BCUT2D eigenvalue weighted by Gasteiger charge is 2.34. The maximum absolute atomic E-state index is 15.4. The lowest BCUT2D eigenvalue weighted by Crippen LogP contribution is -2.37. The molecular weight excluding hydrogens is 774 g/mol. The number of carbonyl (C=O) groups excluding carboxylic acids is 2. The van der Waals surface area contributed by atoms with E-state index in [-0.39, 0.29) is 36.4 Å². The van der Waals surface area contributed by atoms with Gasteiger partial charge in [0.1, 0.15) is 23.8 Å². The Morgan fingerprint density at radius 3 is 2.02 bits per heavy atom. The van der Waals surface area contributed by atoms with Crippen molar-refractivity contribution in [3.8, 4) is 5.75 Å². The first-order valence-electron chi connectivity index (χ1n) is 17.6. The van der Waals surface area contributed by atoms with E-state index in [4.69, 9.17) is 25.8 Å². The summed E-state index contributed by atoms with van der Waals surface area (Å²) in [6.45, 7) is 6.49. The number of hydrogen-bond acceptors (Lipinski definition) is 8. The van der Waals surface area contributed by atoms with Crippen molar-refractivity contribution in [1.29, 1.82) is 0 Å². The molecule has 4 aromatic carbocycles. The first-order valence-corrected chi connectivity index (χ1v) is 19.9. The molecule has 56 heavy (non-hydrogen) atoms. The Balaban J connectivity index is 1.55. The molecule has 0 aliphatic carbocycles. The fourth-order valence-corrected chi connectivity index (χ4v) is 7.11. The van der Waals surface area contributed by atoms with Crippen molar-refractivity contribution in [2.75, 3.05) is 19.4 Å². The molecule has 0 fully saturated rings. The molecule has 0 aromatic heterocycles. The first-order chi connectivity index (χ1) is 26.2. The van der Waals surface area contributed by atoms with Crippen molar-refractivity contribution in [2.45, 2.75) is 75.9 Å². The Kier molecular flexibility index (Phi) is 14.9. The zero-order valence-corrected chi connectivity index (χ0v) is 33.2. The minimum atomic E-state index is -4.65. The van der Waals surface area contributed by atoms with Crippen LogP contribution in [0.5, 0.6) is 5.75 Å². The minimum absolute atomic E-state index is 0.0260. The lowest BCUT2D eigenvalue weighted by molar-refractivity contribution is -0.149. The molecule has 0 aliphatic rings. The van der Waals surface area contributed by atoms with Gasteiger partial charge in [-0.25, -0.2) is 22.4 Å². The molecule has 4 aromatic rings. The summed E-state index contributed by atoms with van der Waals surface area (Å²) >= 11 is 6.36. The summed E-state index contributed by atoms with van der Waals surface area (Å²) < 4.78 is 98.3. The highest BCUT2D eigenvalue weighted by Crippen LogP contribution is 2.37. The predicted molar refractivity (Wildman–Crippen MR) is 205 cm³/mol. The summed E-state index contributed by atoms with van der Waals surface area (Å²) in [5, 5.41) is -0.391. The molecule has 8 nitrogen and oxygen atoms in total. The fourth-order valence-electron chi connectivity index (χ4n) is 5.88. The molecule has 0 spiro atoms. The Hall–Kier alpha value is -4.72. The number of benzene rings is 4. The van der Waals surface area contributed by atoms with E-state index < -0.39 is 67.0 Å². The number of carbonyl (C=O) groups is 2. The second-order valence-electron chi connectivity index (χ2n) is 14.2. The summed E-state index contributed by atoms with van der Waals surface area (Å²) in [6.07, 6.45) is -1.85. The van der Waals surface area contributed by atoms with Gasteiger partial charge in [0.25, 0.3) is 0 Å². The Labute approximate surface area is 329 Å². The summed E-state index contributed by atoms with van der Waals surface area (Å²) in [5.74, 6) is -3.11. The molecule has 4 rings (SSSR count). The van der Waals surface area contributed by atoms with Crippen molar-refractivity contribution in [1.82, 2.24) is 4.90 Å². The lowest BCUT2D eigenvalue weighted by atomic mass is 9.90. The molecule has 0 radical (unpaired) electrons. The number of nitrogens with zero attached hydrogens (tertiary/aromatic N) is 1. The molecule has 0 saturated heterocycles. The van der Waals surface area contributed by atoms with E-state index in [1.54, 1.807) is 26.8 Å². The molecule has 0 unspecified atom stereocenters. The van der Waals surface area contributed by atoms with Crippen molar-refractivity contribution in [3.05, 3.63) is 142 Å². The predicted octanol–water partition coefficient (Wildman–Crippen LogP) is 9.33. The Morgan fingerprint density at radius 1 is 0.875 bits per heavy atom. The van der Waals surface area contributed by atoms with E-state index in [9.17, 15) is 31.2 Å². The summed E-state index contributed by atoms with van der Waals surface area (Å²) in [4.78, 5) is 25.7. The van der Waals surface area contributed by atoms with Crippen LogP contribution in [0.1, 0.15) is 67.9 Å². The van der Waals surface area contributed by atoms with Crippen LogP contribution in [0, 0.1) is 5.82 Å². The van der Waals surface area contributed by atoms with Gasteiger partial charge in [-0.15, -0.1) is 0 Å². The number of ether oxygens (including phenoxy) is 3. The van der Waals surface area contributed by atoms with Gasteiger partial charge in [0, 0.05) is 55.1 Å². The number of alkyl halides is 3. The normalized spacial score (nSPS) is 12.9. The quantitative estimate of drug-likeness (QED) is 0.0627. The minimum Gasteiger partial charge on any atom is -0.493 e. The van der Waals surface area contributed by atoms with E-state index >= 15 is 4.39 Å². The van der Waals surface area contributed by atoms with Gasteiger partial charge >= 0.3 is 18.1 Å². The third kappa shape index (κ3) is 12.9. The highest BCUT2D eigenvalue weighted by atomic mass is 35.5. The molecule has 14 heteroatoms. The van der Waals surface area contributed by atoms with Gasteiger partial charge in [-0.2, -0.15) is 13.2 Å². The summed E-state index contributed by atoms with van der Waals surface area (Å²) in [6, 6.07) is 25.0. The molecule has 0 N–H and O–H groups in total. The largest absolute Gasteiger partial charge is 0.493 e. The van der Waals surface area contributed by atoms with Crippen LogP contribution in [0.3, 0.4) is 0 Å². The van der Waals surface area contributed by atoms with Crippen molar-refractivity contribution in [3.63, 3.8) is 0 Å². The zero-order valence-electron chi connectivity index (χ0n) is 31.6. The van der Waals surface area contributed by atoms with Crippen LogP contribution in [0.25, 0.3) is 0 Å². The van der Waals surface area contributed by atoms with E-state index in [1.807, 2.05) is 72.5 Å². The van der Waals surface area contributed by atoms with E-state index in [0.717, 1.165) is 47.7 Å². The number of sulfone groups is 1. The molecule has 0 aliphatic heterocycles. The van der Waals surface area contributed by atoms with Gasteiger partial charge < -0.3 is 14.2 Å². The Bertz CT molecular complexity index is 2070. The third-order valence-corrected chi connectivity index (χ3v) is 10.3. The van der Waals surface area contributed by atoms with Crippen LogP contribution in [0.4, 0.5) is 17.6 Å². The van der Waals surface area contributed by atoms with Crippen molar-refractivity contribution < 1.29 is 49.8 Å². The highest BCUT2D eigenvalue weighted by molar-refractivity contribution is 7.90. The lowest BCUT2D eigenvalue weighted by Gasteiger charge is -2.34. The van der Waals surface area contributed by atoms with Crippen LogP contribution in [0.2, 0.25) is 5.02 Å². The van der Waals surface area contributed by atoms with E-state index in [2.05, 4.69) is 0 Å². The SMILES string of the molecule is C[C@H](CCOc1cc(F)c(COC(=O)/C=C/C(=O)OC(C)(C)C)c(S(C)(=O)=O)c1)N(Cc1cccc(C(F)(F)F)c1Cl)CC(c1ccccc1)c1ccccc1. The van der Waals surface area contributed by atoms with Gasteiger partial charge in [0.15, 0.2) is 9.84 Å². The molecular formula is C42H44ClF4NO7S. The maximum Gasteiger partial charge on any atom is 0.417 e. The fraction of sp³-hybridized carbons (Fsp3) is 0.333. The number of hydrogen-bond donors (Lipinski definition) is 0. The third-order valence-electron chi connectivity index (χ3n) is 8.65. The van der Waals surface area contributed by atoms with Gasteiger partial charge in [0.05, 0.1) is 22.1 Å². The van der Waals surface area contributed by atoms with Crippen molar-refractivity contribution >= 4 is 33.4 Å². The second-order valence-corrected chi connectivity index (χ2v) is 16.6. The number of rotatable bonds is 16. The first kappa shape index (κ1) is 44.0. The van der Waals surface area contributed by atoms with E-state index in [1.165, 1.54) is 6.07 Å². The molecule has 0 amide bonds. The molecule has 300 valence electrons. The number of halogens is 5. The summed E-state index contributed by atoms with van der Waals surface area (Å²) in [7, 11) is -4.05. The van der Waals surface area contributed by atoms with Crippen LogP contribution in [-0.2, 0) is 48.2 Å². The maximum atomic E-state index is 15.4. The topological polar surface area (TPSA) is 99.2 Å². The zero-order chi connectivity index (χ0) is 41.3. The smallest absolute Gasteiger partial charge is 0.417 e. The second kappa shape index (κ2) is 18.9. The van der Waals surface area contributed by atoms with Crippen LogP contribution in [-0.4, -0.2) is 56.3 Å². The van der Waals surface area contributed by atoms with Crippen LogP contribution >= 0.6 is 11.6 Å². The van der Waals surface area contributed by atoms with Gasteiger partial charge in [0.2, 0.25) is 0 Å². The monoisotopic (exact) mass is 817 g/mol. The molecule has 0 saturated carbocycles. The standard InChI is InChI=1S/C42H44ClF4NO7S/c1-28(21-22-53-32-23-36(44)34(37(24-32)56(5,51)52)27-54-38(49)19-20-39(50)55-41(2,3)4)48(25-31-17-12-18-35(40(31)43)42(45,46)47)26-33(29-13-8-6-9-14-29)30-15-10-7-11-16-30/h6-20,23-24,28,33H,21-22,25-27H2,1-5H3/b20-19+/t28-/m1/s1. The Morgan fingerprint density at radius 2 is 1.46 bits per heavy atom. The summed E-state index contributed by atoms with van der Waals surface area (Å²) in [5.41, 5.74) is 0.130. The molecule has 0 heterocycles. The van der Waals surface area contributed by atoms with Crippen LogP contribution < -0.4 is 4.74 Å². The van der Waals surface area contributed by atoms with Gasteiger partial charge in [-0.05, 0) is 62.9 Å². The van der Waals surface area contributed by atoms with E-state index in [0.29, 0.717) is 13.0 Å². The average molecular weight is 818 g/mol. The van der Waals surface area contributed by atoms with Crippen molar-refractivity contribution in [2.24, 2.45) is 0 Å².